The topological polar surface area (TPSA) is 69.6 Å². The third kappa shape index (κ3) is 3.90. The summed E-state index contributed by atoms with van der Waals surface area (Å²) in [4.78, 5) is 23.6. The summed E-state index contributed by atoms with van der Waals surface area (Å²) in [7, 11) is 0. The van der Waals surface area contributed by atoms with Crippen molar-refractivity contribution in [2.45, 2.75) is 26.2 Å². The second kappa shape index (κ2) is 6.65. The van der Waals surface area contributed by atoms with Crippen molar-refractivity contribution < 1.29 is 9.90 Å². The molecule has 0 aromatic carbocycles. The second-order valence-electron chi connectivity index (χ2n) is 5.43. The van der Waals surface area contributed by atoms with Gasteiger partial charge in [-0.25, -0.2) is 9.97 Å². The third-order valence-corrected chi connectivity index (χ3v) is 3.60. The summed E-state index contributed by atoms with van der Waals surface area (Å²) >= 11 is 0. The van der Waals surface area contributed by atoms with Crippen molar-refractivity contribution in [3.63, 3.8) is 0 Å². The van der Waals surface area contributed by atoms with Crippen molar-refractivity contribution in [1.82, 2.24) is 14.9 Å². The van der Waals surface area contributed by atoms with Gasteiger partial charge >= 0.3 is 5.97 Å². The van der Waals surface area contributed by atoms with Gasteiger partial charge in [0.2, 0.25) is 0 Å². The Bertz CT molecular complexity index is 456. The zero-order chi connectivity index (χ0) is 14.5. The molecule has 6 heteroatoms. The first-order valence-electron chi connectivity index (χ1n) is 7.07. The number of carboxylic acid groups (broad SMARTS) is 1. The molecule has 0 saturated carbocycles. The van der Waals surface area contributed by atoms with Crippen molar-refractivity contribution in [2.75, 3.05) is 37.6 Å². The van der Waals surface area contributed by atoms with E-state index in [9.17, 15) is 4.79 Å². The highest BCUT2D eigenvalue weighted by Gasteiger charge is 2.19. The van der Waals surface area contributed by atoms with Crippen molar-refractivity contribution in [2.24, 2.45) is 0 Å². The number of anilines is 1. The summed E-state index contributed by atoms with van der Waals surface area (Å²) < 4.78 is 0. The molecule has 0 amide bonds. The minimum atomic E-state index is -0.732. The molecule has 1 N–H and O–H groups in total. The Morgan fingerprint density at radius 2 is 2.00 bits per heavy atom. The van der Waals surface area contributed by atoms with Crippen LogP contribution in [-0.2, 0) is 4.79 Å². The van der Waals surface area contributed by atoms with Crippen LogP contribution in [0.1, 0.15) is 31.9 Å². The van der Waals surface area contributed by atoms with Crippen LogP contribution in [0, 0.1) is 0 Å². The first kappa shape index (κ1) is 14.7. The van der Waals surface area contributed by atoms with Crippen molar-refractivity contribution in [3.05, 3.63) is 18.1 Å². The van der Waals surface area contributed by atoms with E-state index in [4.69, 9.17) is 5.11 Å². The summed E-state index contributed by atoms with van der Waals surface area (Å²) in [5.41, 5.74) is 1.06. The number of aliphatic carboxylic acids is 1. The fourth-order valence-corrected chi connectivity index (χ4v) is 2.30. The highest BCUT2D eigenvalue weighted by molar-refractivity contribution is 5.66. The fraction of sp³-hybridized carbons (Fsp3) is 0.643. The lowest BCUT2D eigenvalue weighted by Gasteiger charge is -2.35. The lowest BCUT2D eigenvalue weighted by Crippen LogP contribution is -2.47. The number of rotatable bonds is 5. The van der Waals surface area contributed by atoms with Crippen LogP contribution in [0.3, 0.4) is 0 Å². The van der Waals surface area contributed by atoms with E-state index in [0.717, 1.165) is 37.7 Å². The van der Waals surface area contributed by atoms with E-state index in [1.54, 1.807) is 6.33 Å². The molecule has 0 bridgehead atoms. The van der Waals surface area contributed by atoms with E-state index >= 15 is 0 Å². The van der Waals surface area contributed by atoms with Crippen LogP contribution >= 0.6 is 0 Å². The predicted octanol–water partition coefficient (Wildman–Crippen LogP) is 1.20. The van der Waals surface area contributed by atoms with Crippen LogP contribution in [0.4, 0.5) is 5.82 Å². The summed E-state index contributed by atoms with van der Waals surface area (Å²) in [6.45, 7) is 8.40. The Balaban J connectivity index is 1.90. The molecule has 0 radical (unpaired) electrons. The Kier molecular flexibility index (Phi) is 4.89. The molecule has 1 saturated heterocycles. The summed E-state index contributed by atoms with van der Waals surface area (Å²) in [6, 6.07) is 2.05. The molecule has 0 spiro atoms. The molecule has 1 aliphatic rings. The highest BCUT2D eigenvalue weighted by atomic mass is 16.4. The molecule has 1 aromatic heterocycles. The van der Waals surface area contributed by atoms with E-state index in [-0.39, 0.29) is 6.42 Å². The molecule has 0 atom stereocenters. The molecule has 110 valence electrons. The molecular weight excluding hydrogens is 256 g/mol. The van der Waals surface area contributed by atoms with Crippen LogP contribution in [-0.4, -0.2) is 58.7 Å². The molecule has 1 aliphatic heterocycles. The standard InChI is InChI=1S/C14H22N4O2/c1-11(2)12-9-13(16-10-15-12)18-7-5-17(6-8-18)4-3-14(19)20/h9-11H,3-8H2,1-2H3,(H,19,20). The minimum Gasteiger partial charge on any atom is -0.481 e. The molecule has 2 rings (SSSR count). The van der Waals surface area contributed by atoms with E-state index < -0.39 is 5.97 Å². The molecule has 1 fully saturated rings. The molecule has 0 unspecified atom stereocenters. The predicted molar refractivity (Wildman–Crippen MR) is 77.0 cm³/mol. The number of hydrogen-bond donors (Lipinski definition) is 1. The Morgan fingerprint density at radius 3 is 2.60 bits per heavy atom. The maximum atomic E-state index is 10.6. The van der Waals surface area contributed by atoms with Gasteiger partial charge in [-0.05, 0) is 5.92 Å². The van der Waals surface area contributed by atoms with Gasteiger partial charge in [-0.3, -0.25) is 9.69 Å². The summed E-state index contributed by atoms with van der Waals surface area (Å²) in [5, 5.41) is 8.70. The normalized spacial score (nSPS) is 16.6. The van der Waals surface area contributed by atoms with Gasteiger partial charge in [-0.15, -0.1) is 0 Å². The van der Waals surface area contributed by atoms with Crippen LogP contribution in [0.25, 0.3) is 0 Å². The number of nitrogens with zero attached hydrogens (tertiary/aromatic N) is 4. The van der Waals surface area contributed by atoms with Gasteiger partial charge in [-0.2, -0.15) is 0 Å². The first-order valence-corrected chi connectivity index (χ1v) is 7.07. The average molecular weight is 278 g/mol. The fourth-order valence-electron chi connectivity index (χ4n) is 2.30. The lowest BCUT2D eigenvalue weighted by molar-refractivity contribution is -0.137. The lowest BCUT2D eigenvalue weighted by atomic mass is 10.1. The Labute approximate surface area is 119 Å². The van der Waals surface area contributed by atoms with E-state index in [2.05, 4.69) is 39.7 Å². The van der Waals surface area contributed by atoms with Crippen LogP contribution < -0.4 is 4.90 Å². The SMILES string of the molecule is CC(C)c1cc(N2CCN(CCC(=O)O)CC2)ncn1. The van der Waals surface area contributed by atoms with Gasteiger partial charge < -0.3 is 10.0 Å². The highest BCUT2D eigenvalue weighted by Crippen LogP contribution is 2.18. The van der Waals surface area contributed by atoms with E-state index in [1.165, 1.54) is 0 Å². The number of hydrogen-bond acceptors (Lipinski definition) is 5. The van der Waals surface area contributed by atoms with Crippen molar-refractivity contribution in [3.8, 4) is 0 Å². The van der Waals surface area contributed by atoms with Gasteiger partial charge in [0.1, 0.15) is 12.1 Å². The molecule has 0 aliphatic carbocycles. The Morgan fingerprint density at radius 1 is 1.30 bits per heavy atom. The average Bonchev–Trinajstić information content (AvgIpc) is 2.46. The van der Waals surface area contributed by atoms with Gasteiger partial charge in [0.05, 0.1) is 6.42 Å². The maximum Gasteiger partial charge on any atom is 0.304 e. The summed E-state index contributed by atoms with van der Waals surface area (Å²) in [6.07, 6.45) is 1.84. The summed E-state index contributed by atoms with van der Waals surface area (Å²) in [5.74, 6) is 0.639. The van der Waals surface area contributed by atoms with Crippen LogP contribution in [0.2, 0.25) is 0 Å². The molecular formula is C14H22N4O2. The van der Waals surface area contributed by atoms with E-state index in [0.29, 0.717) is 12.5 Å². The molecule has 1 aromatic rings. The Hall–Kier alpha value is -1.69. The third-order valence-electron chi connectivity index (χ3n) is 3.60. The van der Waals surface area contributed by atoms with Gasteiger partial charge in [0, 0.05) is 44.5 Å². The van der Waals surface area contributed by atoms with E-state index in [1.807, 2.05) is 0 Å². The number of carbonyl (C=O) groups is 1. The largest absolute Gasteiger partial charge is 0.481 e. The minimum absolute atomic E-state index is 0.213. The van der Waals surface area contributed by atoms with Gasteiger partial charge in [0.15, 0.2) is 0 Å². The molecule has 20 heavy (non-hydrogen) atoms. The first-order chi connectivity index (χ1) is 9.56. The number of aromatic nitrogens is 2. The second-order valence-corrected chi connectivity index (χ2v) is 5.43. The number of piperazine rings is 1. The number of carboxylic acids is 1. The monoisotopic (exact) mass is 278 g/mol. The zero-order valence-corrected chi connectivity index (χ0v) is 12.1. The van der Waals surface area contributed by atoms with Crippen molar-refractivity contribution >= 4 is 11.8 Å². The molecule has 6 nitrogen and oxygen atoms in total. The zero-order valence-electron chi connectivity index (χ0n) is 12.1. The maximum absolute atomic E-state index is 10.6. The van der Waals surface area contributed by atoms with Crippen LogP contribution in [0.5, 0.6) is 0 Å². The molecule has 2 heterocycles. The smallest absolute Gasteiger partial charge is 0.304 e. The van der Waals surface area contributed by atoms with Crippen molar-refractivity contribution in [1.29, 1.82) is 0 Å². The van der Waals surface area contributed by atoms with Gasteiger partial charge in [0.25, 0.3) is 0 Å². The van der Waals surface area contributed by atoms with Crippen LogP contribution in [0.15, 0.2) is 12.4 Å². The van der Waals surface area contributed by atoms with Gasteiger partial charge in [-0.1, -0.05) is 13.8 Å². The quantitative estimate of drug-likeness (QED) is 0.872.